The molecule has 0 aliphatic carbocycles. The summed E-state index contributed by atoms with van der Waals surface area (Å²) < 4.78 is 5.08. The number of ether oxygens (including phenoxy) is 1. The topological polar surface area (TPSA) is 125 Å². The summed E-state index contributed by atoms with van der Waals surface area (Å²) in [7, 11) is 0. The molecule has 0 radical (unpaired) electrons. The first-order valence-corrected chi connectivity index (χ1v) is 8.65. The Morgan fingerprint density at radius 1 is 1.24 bits per heavy atom. The number of rotatable bonds is 7. The van der Waals surface area contributed by atoms with Gasteiger partial charge < -0.3 is 25.6 Å². The van der Waals surface area contributed by atoms with Crippen LogP contribution in [0.4, 0.5) is 10.5 Å². The van der Waals surface area contributed by atoms with E-state index in [0.717, 1.165) is 0 Å². The zero-order valence-corrected chi connectivity index (χ0v) is 15.1. The summed E-state index contributed by atoms with van der Waals surface area (Å²) in [5.41, 5.74) is -0.560. The second-order valence-electron chi connectivity index (χ2n) is 6.07. The van der Waals surface area contributed by atoms with E-state index in [1.807, 2.05) is 0 Å². The van der Waals surface area contributed by atoms with Gasteiger partial charge in [0.25, 0.3) is 0 Å². The number of alkyl carbamates (subject to hydrolysis) is 1. The maximum atomic E-state index is 11.8. The molecule has 1 aromatic carbocycles. The molecule has 8 nitrogen and oxygen atoms in total. The third-order valence-electron chi connectivity index (χ3n) is 2.66. The first kappa shape index (κ1) is 20.6. The van der Waals surface area contributed by atoms with Gasteiger partial charge in [0.2, 0.25) is 5.91 Å². The predicted octanol–water partition coefficient (Wildman–Crippen LogP) is 2.29. The van der Waals surface area contributed by atoms with E-state index in [2.05, 4.69) is 10.6 Å². The van der Waals surface area contributed by atoms with Gasteiger partial charge in [-0.15, -0.1) is 0 Å². The molecule has 0 unspecified atom stereocenters. The second kappa shape index (κ2) is 9.16. The minimum atomic E-state index is -1.28. The van der Waals surface area contributed by atoms with Crippen molar-refractivity contribution in [2.45, 2.75) is 26.4 Å². The molecule has 0 aliphatic heterocycles. The van der Waals surface area contributed by atoms with Gasteiger partial charge in [-0.25, -0.2) is 9.59 Å². The Kier molecular flexibility index (Phi) is 7.56. The molecule has 9 heteroatoms. The second-order valence-corrected chi connectivity index (χ2v) is 7.17. The molecule has 1 aromatic rings. The van der Waals surface area contributed by atoms with Gasteiger partial charge in [0.1, 0.15) is 16.9 Å². The Hall–Kier alpha value is -2.42. The van der Waals surface area contributed by atoms with Gasteiger partial charge in [0, 0.05) is 18.0 Å². The number of carboxylic acids is 1. The van der Waals surface area contributed by atoms with Gasteiger partial charge in [-0.1, -0.05) is 0 Å². The van der Waals surface area contributed by atoms with E-state index in [0.29, 0.717) is 12.3 Å². The van der Waals surface area contributed by atoms with Crippen molar-refractivity contribution in [1.29, 1.82) is 0 Å². The fourth-order valence-corrected chi connectivity index (χ4v) is 2.33. The monoisotopic (exact) mass is 370 g/mol. The predicted molar refractivity (Wildman–Crippen MR) is 95.3 cm³/mol. The number of hydrogen-bond donors (Lipinski definition) is 4. The SMILES string of the molecule is CC(C)(C)OC(=O)NCCSCC(=O)Nc1ccc(O)c(C(=O)O)c1. The van der Waals surface area contributed by atoms with Crippen molar-refractivity contribution in [3.8, 4) is 5.75 Å². The third-order valence-corrected chi connectivity index (χ3v) is 3.62. The number of benzene rings is 1. The van der Waals surface area contributed by atoms with Crippen molar-refractivity contribution in [3.05, 3.63) is 23.8 Å². The fourth-order valence-electron chi connectivity index (χ4n) is 1.69. The zero-order valence-electron chi connectivity index (χ0n) is 14.3. The Morgan fingerprint density at radius 3 is 2.52 bits per heavy atom. The molecule has 0 saturated carbocycles. The molecule has 0 saturated heterocycles. The number of aromatic hydroxyl groups is 1. The van der Waals surface area contributed by atoms with E-state index in [-0.39, 0.29) is 28.7 Å². The van der Waals surface area contributed by atoms with Crippen LogP contribution in [0.15, 0.2) is 18.2 Å². The van der Waals surface area contributed by atoms with Crippen molar-refractivity contribution in [2.24, 2.45) is 0 Å². The highest BCUT2D eigenvalue weighted by atomic mass is 32.2. The molecule has 138 valence electrons. The van der Waals surface area contributed by atoms with E-state index >= 15 is 0 Å². The van der Waals surface area contributed by atoms with Crippen LogP contribution in [-0.2, 0) is 9.53 Å². The van der Waals surface area contributed by atoms with Crippen LogP contribution < -0.4 is 10.6 Å². The summed E-state index contributed by atoms with van der Waals surface area (Å²) in [6, 6.07) is 3.80. The van der Waals surface area contributed by atoms with Crippen LogP contribution in [0, 0.1) is 0 Å². The average Bonchev–Trinajstić information content (AvgIpc) is 2.46. The minimum Gasteiger partial charge on any atom is -0.507 e. The number of amides is 2. The van der Waals surface area contributed by atoms with Crippen LogP contribution in [-0.4, -0.2) is 51.8 Å². The molecule has 1 rings (SSSR count). The summed E-state index contributed by atoms with van der Waals surface area (Å²) in [6.45, 7) is 5.66. The molecule has 0 aliphatic rings. The molecule has 25 heavy (non-hydrogen) atoms. The van der Waals surface area contributed by atoms with Crippen LogP contribution >= 0.6 is 11.8 Å². The van der Waals surface area contributed by atoms with Crippen LogP contribution in [0.1, 0.15) is 31.1 Å². The molecule has 0 heterocycles. The molecule has 2 amide bonds. The van der Waals surface area contributed by atoms with Crippen LogP contribution in [0.5, 0.6) is 5.75 Å². The molecular weight excluding hydrogens is 348 g/mol. The fraction of sp³-hybridized carbons (Fsp3) is 0.438. The van der Waals surface area contributed by atoms with Crippen molar-refractivity contribution in [2.75, 3.05) is 23.4 Å². The van der Waals surface area contributed by atoms with Crippen molar-refractivity contribution >= 4 is 35.4 Å². The molecular formula is C16H22N2O6S. The number of carbonyl (C=O) groups excluding carboxylic acids is 2. The molecule has 4 N–H and O–H groups in total. The lowest BCUT2D eigenvalue weighted by Crippen LogP contribution is -2.33. The number of hydrogen-bond acceptors (Lipinski definition) is 6. The number of aromatic carboxylic acids is 1. The van der Waals surface area contributed by atoms with Crippen molar-refractivity contribution in [1.82, 2.24) is 5.32 Å². The summed E-state index contributed by atoms with van der Waals surface area (Å²) in [5, 5.41) is 23.5. The van der Waals surface area contributed by atoms with E-state index in [4.69, 9.17) is 9.84 Å². The van der Waals surface area contributed by atoms with Crippen LogP contribution in [0.3, 0.4) is 0 Å². The van der Waals surface area contributed by atoms with E-state index in [1.165, 1.54) is 30.0 Å². The number of carbonyl (C=O) groups is 3. The lowest BCUT2D eigenvalue weighted by Gasteiger charge is -2.19. The van der Waals surface area contributed by atoms with Gasteiger partial charge >= 0.3 is 12.1 Å². The normalized spacial score (nSPS) is 10.8. The van der Waals surface area contributed by atoms with Crippen molar-refractivity contribution in [3.63, 3.8) is 0 Å². The highest BCUT2D eigenvalue weighted by Gasteiger charge is 2.15. The summed E-state index contributed by atoms with van der Waals surface area (Å²) in [6.07, 6.45) is -0.511. The van der Waals surface area contributed by atoms with Crippen molar-refractivity contribution < 1.29 is 29.3 Å². The maximum absolute atomic E-state index is 11.8. The third kappa shape index (κ3) is 8.30. The highest BCUT2D eigenvalue weighted by Crippen LogP contribution is 2.21. The lowest BCUT2D eigenvalue weighted by atomic mass is 10.2. The van der Waals surface area contributed by atoms with Crippen LogP contribution in [0.2, 0.25) is 0 Å². The summed E-state index contributed by atoms with van der Waals surface area (Å²) in [5.74, 6) is -1.31. The smallest absolute Gasteiger partial charge is 0.407 e. The quantitative estimate of drug-likeness (QED) is 0.429. The van der Waals surface area contributed by atoms with Gasteiger partial charge in [-0.05, 0) is 39.0 Å². The van der Waals surface area contributed by atoms with Gasteiger partial charge in [-0.3, -0.25) is 4.79 Å². The number of nitrogens with one attached hydrogen (secondary N) is 2. The number of carboxylic acid groups (broad SMARTS) is 1. The van der Waals surface area contributed by atoms with E-state index in [9.17, 15) is 19.5 Å². The minimum absolute atomic E-state index is 0.138. The number of phenols is 1. The Balaban J connectivity index is 2.31. The van der Waals surface area contributed by atoms with Gasteiger partial charge in [0.15, 0.2) is 0 Å². The molecule has 0 spiro atoms. The Morgan fingerprint density at radius 2 is 1.92 bits per heavy atom. The standard InChI is InChI=1S/C16H22N2O6S/c1-16(2,3)24-15(23)17-6-7-25-9-13(20)18-10-4-5-12(19)11(8-10)14(21)22/h4-5,8,19H,6-7,9H2,1-3H3,(H,17,23)(H,18,20)(H,21,22). The van der Waals surface area contributed by atoms with E-state index in [1.54, 1.807) is 20.8 Å². The largest absolute Gasteiger partial charge is 0.507 e. The Labute approximate surface area is 149 Å². The first-order valence-electron chi connectivity index (χ1n) is 7.49. The van der Waals surface area contributed by atoms with Gasteiger partial charge in [-0.2, -0.15) is 11.8 Å². The van der Waals surface area contributed by atoms with Crippen LogP contribution in [0.25, 0.3) is 0 Å². The number of thioether (sulfide) groups is 1. The first-order chi connectivity index (χ1) is 11.6. The lowest BCUT2D eigenvalue weighted by molar-refractivity contribution is -0.113. The molecule has 0 atom stereocenters. The van der Waals surface area contributed by atoms with Gasteiger partial charge in [0.05, 0.1) is 5.75 Å². The van der Waals surface area contributed by atoms with E-state index < -0.39 is 17.7 Å². The highest BCUT2D eigenvalue weighted by molar-refractivity contribution is 7.99. The average molecular weight is 370 g/mol. The molecule has 0 bridgehead atoms. The summed E-state index contributed by atoms with van der Waals surface area (Å²) in [4.78, 5) is 34.2. The molecule has 0 fully saturated rings. The summed E-state index contributed by atoms with van der Waals surface area (Å²) >= 11 is 1.31. The maximum Gasteiger partial charge on any atom is 0.407 e. The number of anilines is 1. The zero-order chi connectivity index (χ0) is 19.0. The molecule has 0 aromatic heterocycles. The Bertz CT molecular complexity index is 642.